The summed E-state index contributed by atoms with van der Waals surface area (Å²) in [6.07, 6.45) is 0. The number of ketones is 1. The molecule has 0 saturated heterocycles. The molecule has 0 bridgehead atoms. The van der Waals surface area contributed by atoms with Crippen molar-refractivity contribution >= 4 is 28.4 Å². The monoisotopic (exact) mass is 396 g/mol. The van der Waals surface area contributed by atoms with Gasteiger partial charge in [-0.15, -0.1) is 0 Å². The number of rotatable bonds is 4. The molecule has 0 N–H and O–H groups in total. The van der Waals surface area contributed by atoms with Gasteiger partial charge in [0.15, 0.2) is 23.9 Å². The molecule has 0 saturated carbocycles. The predicted octanol–water partition coefficient (Wildman–Crippen LogP) is 3.32. The van der Waals surface area contributed by atoms with Crippen molar-refractivity contribution in [1.82, 2.24) is 0 Å². The number of carbonyl (C=O) groups is 1. The first kappa shape index (κ1) is 14.2. The number of carbonyl (C=O) groups excluding carboxylic acids is 1. The van der Waals surface area contributed by atoms with E-state index in [2.05, 4.69) is 22.6 Å². The van der Waals surface area contributed by atoms with E-state index in [-0.39, 0.29) is 12.4 Å². The number of Topliss-reactive ketones (excluding diaryl/α,β-unsaturated/α-hetero) is 1. The van der Waals surface area contributed by atoms with E-state index in [9.17, 15) is 4.79 Å². The van der Waals surface area contributed by atoms with Gasteiger partial charge in [-0.1, -0.05) is 6.07 Å². The normalized spacial score (nSPS) is 12.8. The third kappa shape index (κ3) is 3.47. The van der Waals surface area contributed by atoms with E-state index in [1.54, 1.807) is 18.2 Å². The van der Waals surface area contributed by atoms with Crippen molar-refractivity contribution in [2.24, 2.45) is 0 Å². The molecule has 21 heavy (non-hydrogen) atoms. The lowest BCUT2D eigenvalue weighted by atomic mass is 10.1. The van der Waals surface area contributed by atoms with Crippen LogP contribution in [0.1, 0.15) is 10.4 Å². The van der Waals surface area contributed by atoms with Gasteiger partial charge < -0.3 is 14.2 Å². The van der Waals surface area contributed by atoms with E-state index in [4.69, 9.17) is 14.2 Å². The molecule has 1 heterocycles. The van der Waals surface area contributed by atoms with E-state index >= 15 is 0 Å². The number of halogens is 1. The molecule has 0 fully saturated rings. The minimum Gasteiger partial charge on any atom is -0.486 e. The highest BCUT2D eigenvalue weighted by Gasteiger charge is 2.15. The Morgan fingerprint density at radius 3 is 2.71 bits per heavy atom. The Morgan fingerprint density at radius 1 is 1.10 bits per heavy atom. The molecule has 0 amide bonds. The topological polar surface area (TPSA) is 44.8 Å². The van der Waals surface area contributed by atoms with Gasteiger partial charge in [-0.05, 0) is 59.0 Å². The van der Waals surface area contributed by atoms with Crippen LogP contribution in [0.5, 0.6) is 17.2 Å². The smallest absolute Gasteiger partial charge is 0.200 e. The molecule has 1 aliphatic heterocycles. The van der Waals surface area contributed by atoms with Crippen molar-refractivity contribution in [3.63, 3.8) is 0 Å². The lowest BCUT2D eigenvalue weighted by molar-refractivity contribution is 0.0920. The van der Waals surface area contributed by atoms with Crippen LogP contribution in [0, 0.1) is 3.57 Å². The zero-order valence-electron chi connectivity index (χ0n) is 11.2. The van der Waals surface area contributed by atoms with Crippen LogP contribution in [0.25, 0.3) is 0 Å². The summed E-state index contributed by atoms with van der Waals surface area (Å²) >= 11 is 2.20. The summed E-state index contributed by atoms with van der Waals surface area (Å²) in [6.45, 7) is 1.04. The Balaban J connectivity index is 1.68. The van der Waals surface area contributed by atoms with Gasteiger partial charge in [0.05, 0.1) is 0 Å². The van der Waals surface area contributed by atoms with Gasteiger partial charge in [0.1, 0.15) is 19.0 Å². The third-order valence-corrected chi connectivity index (χ3v) is 3.70. The number of hydrogen-bond donors (Lipinski definition) is 0. The molecule has 0 radical (unpaired) electrons. The van der Waals surface area contributed by atoms with Gasteiger partial charge in [-0.2, -0.15) is 0 Å². The number of ether oxygens (including phenoxy) is 3. The lowest BCUT2D eigenvalue weighted by Gasteiger charge is -2.18. The van der Waals surface area contributed by atoms with Crippen molar-refractivity contribution in [2.45, 2.75) is 0 Å². The summed E-state index contributed by atoms with van der Waals surface area (Å²) in [5, 5.41) is 0. The maximum Gasteiger partial charge on any atom is 0.200 e. The van der Waals surface area contributed by atoms with Gasteiger partial charge in [0.2, 0.25) is 0 Å². The largest absolute Gasteiger partial charge is 0.486 e. The summed E-state index contributed by atoms with van der Waals surface area (Å²) in [7, 11) is 0. The molecule has 2 aromatic rings. The van der Waals surface area contributed by atoms with Crippen molar-refractivity contribution in [3.05, 3.63) is 51.6 Å². The summed E-state index contributed by atoms with van der Waals surface area (Å²) < 4.78 is 17.5. The van der Waals surface area contributed by atoms with E-state index < -0.39 is 0 Å². The van der Waals surface area contributed by atoms with Crippen LogP contribution in [0.2, 0.25) is 0 Å². The van der Waals surface area contributed by atoms with Gasteiger partial charge in [0.25, 0.3) is 0 Å². The molecular formula is C16H13IO4. The van der Waals surface area contributed by atoms with Gasteiger partial charge >= 0.3 is 0 Å². The molecule has 0 spiro atoms. The van der Waals surface area contributed by atoms with Gasteiger partial charge in [-0.3, -0.25) is 4.79 Å². The molecule has 0 unspecified atom stereocenters. The standard InChI is InChI=1S/C16H13IO4/c17-12-2-1-3-13(9-12)21-10-14(18)11-4-5-15-16(8-11)20-7-6-19-15/h1-5,8-9H,6-7,10H2. The van der Waals surface area contributed by atoms with Crippen molar-refractivity contribution in [1.29, 1.82) is 0 Å². The SMILES string of the molecule is O=C(COc1cccc(I)c1)c1ccc2c(c1)OCCO2. The zero-order chi connectivity index (χ0) is 14.7. The molecule has 0 aliphatic carbocycles. The summed E-state index contributed by atoms with van der Waals surface area (Å²) in [4.78, 5) is 12.2. The maximum absolute atomic E-state index is 12.2. The predicted molar refractivity (Wildman–Crippen MR) is 86.4 cm³/mol. The molecular weight excluding hydrogens is 383 g/mol. The van der Waals surface area contributed by atoms with Crippen LogP contribution in [0.3, 0.4) is 0 Å². The fourth-order valence-electron chi connectivity index (χ4n) is 2.01. The molecule has 0 aromatic heterocycles. The average Bonchev–Trinajstić information content (AvgIpc) is 2.52. The fourth-order valence-corrected chi connectivity index (χ4v) is 2.52. The second-order valence-electron chi connectivity index (χ2n) is 4.53. The Morgan fingerprint density at radius 2 is 1.90 bits per heavy atom. The maximum atomic E-state index is 12.2. The Hall–Kier alpha value is -1.76. The molecule has 1 aliphatic rings. The van der Waals surface area contributed by atoms with E-state index in [0.717, 1.165) is 3.57 Å². The average molecular weight is 396 g/mol. The number of fused-ring (bicyclic) bond motifs is 1. The Labute approximate surface area is 136 Å². The quantitative estimate of drug-likeness (QED) is 0.588. The van der Waals surface area contributed by atoms with E-state index in [0.29, 0.717) is 36.0 Å². The Bertz CT molecular complexity index is 669. The van der Waals surface area contributed by atoms with Gasteiger partial charge in [0, 0.05) is 9.13 Å². The Kier molecular flexibility index (Phi) is 4.28. The lowest BCUT2D eigenvalue weighted by Crippen LogP contribution is -2.17. The second-order valence-corrected chi connectivity index (χ2v) is 5.77. The highest BCUT2D eigenvalue weighted by atomic mass is 127. The van der Waals surface area contributed by atoms with Crippen molar-refractivity contribution in [3.8, 4) is 17.2 Å². The molecule has 3 rings (SSSR count). The number of benzene rings is 2. The van der Waals surface area contributed by atoms with Crippen LogP contribution >= 0.6 is 22.6 Å². The summed E-state index contributed by atoms with van der Waals surface area (Å²) in [6, 6.07) is 12.8. The molecule has 4 nitrogen and oxygen atoms in total. The third-order valence-electron chi connectivity index (χ3n) is 3.03. The minimum absolute atomic E-state index is 0.000261. The second kappa shape index (κ2) is 6.34. The summed E-state index contributed by atoms with van der Waals surface area (Å²) in [5.74, 6) is 1.89. The fraction of sp³-hybridized carbons (Fsp3) is 0.188. The van der Waals surface area contributed by atoms with Crippen LogP contribution in [0.4, 0.5) is 0 Å². The first-order valence-corrected chi connectivity index (χ1v) is 7.61. The van der Waals surface area contributed by atoms with Crippen LogP contribution in [0.15, 0.2) is 42.5 Å². The molecule has 108 valence electrons. The molecule has 5 heteroatoms. The highest BCUT2D eigenvalue weighted by molar-refractivity contribution is 14.1. The van der Waals surface area contributed by atoms with Crippen LogP contribution in [-0.4, -0.2) is 25.6 Å². The van der Waals surface area contributed by atoms with Crippen LogP contribution in [-0.2, 0) is 0 Å². The summed E-state index contributed by atoms with van der Waals surface area (Å²) in [5.41, 5.74) is 0.560. The molecule has 2 aromatic carbocycles. The first-order valence-electron chi connectivity index (χ1n) is 6.53. The zero-order valence-corrected chi connectivity index (χ0v) is 13.3. The highest BCUT2D eigenvalue weighted by Crippen LogP contribution is 2.30. The van der Waals surface area contributed by atoms with Gasteiger partial charge in [-0.25, -0.2) is 0 Å². The number of hydrogen-bond acceptors (Lipinski definition) is 4. The van der Waals surface area contributed by atoms with E-state index in [1.165, 1.54) is 0 Å². The first-order chi connectivity index (χ1) is 10.2. The van der Waals surface area contributed by atoms with Crippen molar-refractivity contribution < 1.29 is 19.0 Å². The van der Waals surface area contributed by atoms with Crippen LogP contribution < -0.4 is 14.2 Å². The molecule has 0 atom stereocenters. The minimum atomic E-state index is -0.0918. The van der Waals surface area contributed by atoms with E-state index in [1.807, 2.05) is 24.3 Å². The van der Waals surface area contributed by atoms with Crippen molar-refractivity contribution in [2.75, 3.05) is 19.8 Å².